The lowest BCUT2D eigenvalue weighted by Crippen LogP contribution is -2.31. The Hall–Kier alpha value is -3.17. The van der Waals surface area contributed by atoms with Crippen molar-refractivity contribution in [2.45, 2.75) is 25.7 Å². The second-order valence-corrected chi connectivity index (χ2v) is 8.95. The van der Waals surface area contributed by atoms with Crippen molar-refractivity contribution in [1.82, 2.24) is 10.2 Å². The van der Waals surface area contributed by atoms with Crippen LogP contribution in [0.5, 0.6) is 11.5 Å². The summed E-state index contributed by atoms with van der Waals surface area (Å²) in [6.45, 7) is 0.670. The van der Waals surface area contributed by atoms with Crippen molar-refractivity contribution in [3.05, 3.63) is 65.1 Å². The first-order chi connectivity index (χ1) is 15.9. The number of ether oxygens (including phenoxy) is 1. The van der Waals surface area contributed by atoms with Gasteiger partial charge in [-0.1, -0.05) is 54.3 Å². The number of thioether (sulfide) groups is 1. The third kappa shape index (κ3) is 7.73. The number of amides is 2. The van der Waals surface area contributed by atoms with Crippen LogP contribution in [0.3, 0.4) is 0 Å². The molecule has 2 aromatic carbocycles. The monoisotopic (exact) mass is 484 g/mol. The molecule has 0 aliphatic carbocycles. The molecule has 1 heterocycles. The molecule has 2 N–H and O–H groups in total. The number of thiocarbonyl (C=S) groups is 1. The highest BCUT2D eigenvalue weighted by atomic mass is 32.2. The number of carbonyl (C=O) groups excluding carboxylic acids is 2. The van der Waals surface area contributed by atoms with Crippen LogP contribution in [0.25, 0.3) is 6.08 Å². The van der Waals surface area contributed by atoms with Crippen LogP contribution in [-0.4, -0.2) is 45.2 Å². The van der Waals surface area contributed by atoms with Crippen molar-refractivity contribution in [2.24, 2.45) is 0 Å². The fraction of sp³-hybridized carbons (Fsp3) is 0.250. The predicted molar refractivity (Wildman–Crippen MR) is 132 cm³/mol. The molecular weight excluding hydrogens is 460 g/mol. The van der Waals surface area contributed by atoms with E-state index in [0.717, 1.165) is 11.3 Å². The van der Waals surface area contributed by atoms with Gasteiger partial charge in [-0.05, 0) is 48.7 Å². The molecule has 1 saturated heterocycles. The highest BCUT2D eigenvalue weighted by Gasteiger charge is 2.31. The first kappa shape index (κ1) is 24.5. The van der Waals surface area contributed by atoms with E-state index in [0.29, 0.717) is 40.9 Å². The van der Waals surface area contributed by atoms with Gasteiger partial charge in [-0.2, -0.15) is 0 Å². The van der Waals surface area contributed by atoms with E-state index >= 15 is 0 Å². The molecule has 0 spiro atoms. The Bertz CT molecular complexity index is 1060. The highest BCUT2D eigenvalue weighted by molar-refractivity contribution is 8.26. The predicted octanol–water partition coefficient (Wildman–Crippen LogP) is 4.44. The number of nitrogens with zero attached hydrogens (tertiary/aromatic N) is 1. The zero-order valence-corrected chi connectivity index (χ0v) is 19.5. The van der Waals surface area contributed by atoms with E-state index < -0.39 is 5.97 Å². The van der Waals surface area contributed by atoms with Crippen LogP contribution in [-0.2, 0) is 14.4 Å². The van der Waals surface area contributed by atoms with Crippen molar-refractivity contribution in [3.63, 3.8) is 0 Å². The van der Waals surface area contributed by atoms with Crippen molar-refractivity contribution in [3.8, 4) is 11.5 Å². The van der Waals surface area contributed by atoms with Gasteiger partial charge in [0.25, 0.3) is 5.91 Å². The summed E-state index contributed by atoms with van der Waals surface area (Å²) in [6, 6.07) is 16.9. The van der Waals surface area contributed by atoms with Gasteiger partial charge in [-0.3, -0.25) is 19.3 Å². The van der Waals surface area contributed by atoms with Gasteiger partial charge in [0.2, 0.25) is 5.91 Å². The summed E-state index contributed by atoms with van der Waals surface area (Å²) < 4.78 is 6.31. The van der Waals surface area contributed by atoms with Crippen LogP contribution >= 0.6 is 24.0 Å². The zero-order chi connectivity index (χ0) is 23.6. The third-order valence-corrected chi connectivity index (χ3v) is 6.06. The number of aliphatic carboxylic acids is 1. The molecule has 2 amide bonds. The van der Waals surface area contributed by atoms with Gasteiger partial charge in [0, 0.05) is 25.9 Å². The first-order valence-electron chi connectivity index (χ1n) is 10.5. The third-order valence-electron chi connectivity index (χ3n) is 4.68. The quantitative estimate of drug-likeness (QED) is 0.276. The zero-order valence-electron chi connectivity index (χ0n) is 17.9. The number of carbonyl (C=O) groups is 3. The molecular formula is C24H24N2O5S2. The molecule has 1 fully saturated rings. The minimum absolute atomic E-state index is 0.0183. The molecule has 0 unspecified atom stereocenters. The average molecular weight is 485 g/mol. The van der Waals surface area contributed by atoms with E-state index in [2.05, 4.69) is 5.32 Å². The van der Waals surface area contributed by atoms with Crippen molar-refractivity contribution in [2.75, 3.05) is 13.1 Å². The molecule has 9 heteroatoms. The van der Waals surface area contributed by atoms with Crippen LogP contribution in [0.2, 0.25) is 0 Å². The Kier molecular flexibility index (Phi) is 9.03. The van der Waals surface area contributed by atoms with Gasteiger partial charge in [-0.15, -0.1) is 0 Å². The summed E-state index contributed by atoms with van der Waals surface area (Å²) in [7, 11) is 0. The van der Waals surface area contributed by atoms with E-state index in [9.17, 15) is 14.4 Å². The molecule has 2 aromatic rings. The van der Waals surface area contributed by atoms with Gasteiger partial charge < -0.3 is 15.2 Å². The molecule has 0 bridgehead atoms. The maximum atomic E-state index is 12.8. The fourth-order valence-corrected chi connectivity index (χ4v) is 4.40. The summed E-state index contributed by atoms with van der Waals surface area (Å²) in [5.74, 6) is 0.159. The second-order valence-electron chi connectivity index (χ2n) is 7.27. The lowest BCUT2D eigenvalue weighted by Gasteiger charge is -2.14. The summed E-state index contributed by atoms with van der Waals surface area (Å²) in [4.78, 5) is 37.2. The van der Waals surface area contributed by atoms with Gasteiger partial charge in [0.1, 0.15) is 15.8 Å². The lowest BCUT2D eigenvalue weighted by atomic mass is 10.2. The van der Waals surface area contributed by atoms with Gasteiger partial charge in [0.05, 0.1) is 4.91 Å². The van der Waals surface area contributed by atoms with E-state index in [4.69, 9.17) is 22.1 Å². The van der Waals surface area contributed by atoms with Crippen LogP contribution < -0.4 is 10.1 Å². The molecule has 3 rings (SSSR count). The Labute approximate surface area is 201 Å². The number of hydrogen-bond donors (Lipinski definition) is 2. The minimum atomic E-state index is -0.887. The Morgan fingerprint density at radius 3 is 2.58 bits per heavy atom. The van der Waals surface area contributed by atoms with E-state index in [1.807, 2.05) is 54.6 Å². The molecule has 0 aromatic heterocycles. The molecule has 0 atom stereocenters. The second kappa shape index (κ2) is 12.2. The fourth-order valence-electron chi connectivity index (χ4n) is 3.09. The van der Waals surface area contributed by atoms with Crippen LogP contribution in [0.1, 0.15) is 31.2 Å². The standard InChI is InChI=1S/C24H24N2O5S2/c27-21(25-13-5-12-22(28)29)11-6-14-26-23(30)20(33-24(26)32)16-17-7-4-10-19(15-17)31-18-8-2-1-3-9-18/h1-4,7-10,15-16H,5-6,11-14H2,(H,25,27)(H,28,29)/b20-16-. The first-order valence-corrected chi connectivity index (χ1v) is 11.7. The number of benzene rings is 2. The van der Waals surface area contributed by atoms with Crippen molar-refractivity contribution >= 4 is 52.2 Å². The molecule has 172 valence electrons. The van der Waals surface area contributed by atoms with Gasteiger partial charge in [0.15, 0.2) is 0 Å². The van der Waals surface area contributed by atoms with E-state index in [1.165, 1.54) is 16.7 Å². The molecule has 33 heavy (non-hydrogen) atoms. The highest BCUT2D eigenvalue weighted by Crippen LogP contribution is 2.33. The maximum absolute atomic E-state index is 12.8. The molecule has 0 radical (unpaired) electrons. The van der Waals surface area contributed by atoms with E-state index in [-0.39, 0.29) is 24.7 Å². The number of para-hydroxylation sites is 1. The Balaban J connectivity index is 1.52. The number of rotatable bonds is 11. The van der Waals surface area contributed by atoms with Crippen LogP contribution in [0.15, 0.2) is 59.5 Å². The van der Waals surface area contributed by atoms with E-state index in [1.54, 1.807) is 6.08 Å². The normalized spacial score (nSPS) is 14.5. The number of hydrogen-bond acceptors (Lipinski definition) is 6. The molecule has 0 saturated carbocycles. The summed E-state index contributed by atoms with van der Waals surface area (Å²) in [6.07, 6.45) is 2.89. The maximum Gasteiger partial charge on any atom is 0.303 e. The lowest BCUT2D eigenvalue weighted by molar-refractivity contribution is -0.137. The van der Waals surface area contributed by atoms with Crippen LogP contribution in [0.4, 0.5) is 0 Å². The van der Waals surface area contributed by atoms with Gasteiger partial charge >= 0.3 is 5.97 Å². The smallest absolute Gasteiger partial charge is 0.303 e. The van der Waals surface area contributed by atoms with Crippen LogP contribution in [0, 0.1) is 0 Å². The average Bonchev–Trinajstić information content (AvgIpc) is 3.05. The largest absolute Gasteiger partial charge is 0.481 e. The van der Waals surface area contributed by atoms with Crippen molar-refractivity contribution in [1.29, 1.82) is 0 Å². The van der Waals surface area contributed by atoms with Crippen molar-refractivity contribution < 1.29 is 24.2 Å². The summed E-state index contributed by atoms with van der Waals surface area (Å²) in [5.41, 5.74) is 0.824. The molecule has 1 aliphatic heterocycles. The number of carboxylic acids is 1. The number of carboxylic acid groups (broad SMARTS) is 1. The summed E-state index contributed by atoms with van der Waals surface area (Å²) >= 11 is 6.60. The number of nitrogens with one attached hydrogen (secondary N) is 1. The van der Waals surface area contributed by atoms with Gasteiger partial charge in [-0.25, -0.2) is 0 Å². The Morgan fingerprint density at radius 2 is 1.82 bits per heavy atom. The Morgan fingerprint density at radius 1 is 1.06 bits per heavy atom. The molecule has 7 nitrogen and oxygen atoms in total. The minimum Gasteiger partial charge on any atom is -0.481 e. The topological polar surface area (TPSA) is 95.9 Å². The molecule has 1 aliphatic rings. The SMILES string of the molecule is O=C(O)CCCNC(=O)CCCN1C(=O)/C(=C/c2cccc(Oc3ccccc3)c2)SC1=S. The summed E-state index contributed by atoms with van der Waals surface area (Å²) in [5, 5.41) is 11.3.